The van der Waals surface area contributed by atoms with Gasteiger partial charge in [0.05, 0.1) is 6.04 Å². The standard InChI is InChI=1S/C21H32N4O2/c22-17-10-8-15(9-11-17)13-18(23)21(27)25-12-4-7-19(25)20(26)24-14-16-5-2-1-3-6-16/h8-11,16,18-19H,1-7,12-14,22-23H2,(H,24,26)/t18-,19+/m1/s1. The molecule has 6 nitrogen and oxygen atoms in total. The molecule has 0 unspecified atom stereocenters. The van der Waals surface area contributed by atoms with Crippen LogP contribution in [-0.2, 0) is 16.0 Å². The Bertz CT molecular complexity index is 640. The van der Waals surface area contributed by atoms with Crippen LogP contribution in [0.5, 0.6) is 0 Å². The third kappa shape index (κ3) is 5.22. The minimum atomic E-state index is -0.639. The van der Waals surface area contributed by atoms with E-state index in [4.69, 9.17) is 11.5 Å². The van der Waals surface area contributed by atoms with Crippen molar-refractivity contribution in [3.63, 3.8) is 0 Å². The first kappa shape index (κ1) is 19.7. The summed E-state index contributed by atoms with van der Waals surface area (Å²) < 4.78 is 0. The second kappa shape index (κ2) is 9.22. The molecule has 1 saturated heterocycles. The summed E-state index contributed by atoms with van der Waals surface area (Å²) in [6.07, 6.45) is 8.23. The molecule has 1 aromatic rings. The summed E-state index contributed by atoms with van der Waals surface area (Å²) in [6.45, 7) is 1.34. The van der Waals surface area contributed by atoms with E-state index in [1.54, 1.807) is 4.90 Å². The van der Waals surface area contributed by atoms with E-state index in [2.05, 4.69) is 5.32 Å². The lowest BCUT2D eigenvalue weighted by atomic mass is 9.89. The van der Waals surface area contributed by atoms with E-state index in [0.717, 1.165) is 24.9 Å². The van der Waals surface area contributed by atoms with Gasteiger partial charge in [0.25, 0.3) is 0 Å². The molecule has 1 aromatic carbocycles. The molecule has 1 heterocycles. The number of nitrogens with two attached hydrogens (primary N) is 2. The van der Waals surface area contributed by atoms with E-state index < -0.39 is 6.04 Å². The first-order chi connectivity index (χ1) is 13.0. The van der Waals surface area contributed by atoms with Gasteiger partial charge < -0.3 is 21.7 Å². The van der Waals surface area contributed by atoms with E-state index in [0.29, 0.717) is 24.6 Å². The van der Waals surface area contributed by atoms with Crippen molar-refractivity contribution in [1.82, 2.24) is 10.2 Å². The molecule has 2 amide bonds. The van der Waals surface area contributed by atoms with E-state index >= 15 is 0 Å². The molecule has 0 bridgehead atoms. The molecule has 1 aliphatic carbocycles. The Hall–Kier alpha value is -2.08. The lowest BCUT2D eigenvalue weighted by Crippen LogP contribution is -2.52. The number of carbonyl (C=O) groups excluding carboxylic acids is 2. The van der Waals surface area contributed by atoms with Crippen molar-refractivity contribution in [2.24, 2.45) is 11.7 Å². The Kier molecular flexibility index (Phi) is 6.72. The van der Waals surface area contributed by atoms with Crippen LogP contribution in [0.4, 0.5) is 5.69 Å². The van der Waals surface area contributed by atoms with Gasteiger partial charge in [-0.3, -0.25) is 9.59 Å². The molecule has 3 rings (SSSR count). The topological polar surface area (TPSA) is 101 Å². The average molecular weight is 373 g/mol. The van der Waals surface area contributed by atoms with Gasteiger partial charge in [-0.2, -0.15) is 0 Å². The molecule has 2 atom stereocenters. The van der Waals surface area contributed by atoms with Crippen LogP contribution in [-0.4, -0.2) is 41.9 Å². The predicted octanol–water partition coefficient (Wildman–Crippen LogP) is 1.83. The smallest absolute Gasteiger partial charge is 0.242 e. The van der Waals surface area contributed by atoms with Crippen LogP contribution in [0.25, 0.3) is 0 Å². The lowest BCUT2D eigenvalue weighted by molar-refractivity contribution is -0.139. The number of nitrogen functional groups attached to an aromatic ring is 1. The van der Waals surface area contributed by atoms with Crippen molar-refractivity contribution >= 4 is 17.5 Å². The molecule has 2 fully saturated rings. The largest absolute Gasteiger partial charge is 0.399 e. The molecule has 1 saturated carbocycles. The Balaban J connectivity index is 1.53. The van der Waals surface area contributed by atoms with Crippen LogP contribution in [0.15, 0.2) is 24.3 Å². The van der Waals surface area contributed by atoms with Gasteiger partial charge in [-0.1, -0.05) is 31.4 Å². The van der Waals surface area contributed by atoms with E-state index in [1.807, 2.05) is 24.3 Å². The third-order valence-electron chi connectivity index (χ3n) is 5.88. The van der Waals surface area contributed by atoms with Crippen LogP contribution in [0.1, 0.15) is 50.5 Å². The summed E-state index contributed by atoms with van der Waals surface area (Å²) in [6, 6.07) is 6.38. The number of benzene rings is 1. The summed E-state index contributed by atoms with van der Waals surface area (Å²) in [5, 5.41) is 3.09. The SMILES string of the molecule is Nc1ccc(C[C@@H](N)C(=O)N2CCC[C@H]2C(=O)NCC2CCCCC2)cc1. The van der Waals surface area contributed by atoms with Crippen LogP contribution in [0.2, 0.25) is 0 Å². The molecular weight excluding hydrogens is 340 g/mol. The fourth-order valence-corrected chi connectivity index (χ4v) is 4.27. The number of amides is 2. The zero-order valence-corrected chi connectivity index (χ0v) is 16.0. The highest BCUT2D eigenvalue weighted by molar-refractivity contribution is 5.90. The van der Waals surface area contributed by atoms with Crippen molar-refractivity contribution < 1.29 is 9.59 Å². The predicted molar refractivity (Wildman–Crippen MR) is 107 cm³/mol. The molecule has 0 spiro atoms. The van der Waals surface area contributed by atoms with Crippen molar-refractivity contribution in [3.8, 4) is 0 Å². The fourth-order valence-electron chi connectivity index (χ4n) is 4.27. The highest BCUT2D eigenvalue weighted by Crippen LogP contribution is 2.23. The van der Waals surface area contributed by atoms with Gasteiger partial charge in [-0.25, -0.2) is 0 Å². The Morgan fingerprint density at radius 3 is 2.48 bits per heavy atom. The van der Waals surface area contributed by atoms with Gasteiger partial charge in [-0.15, -0.1) is 0 Å². The van der Waals surface area contributed by atoms with E-state index in [-0.39, 0.29) is 17.9 Å². The number of likely N-dealkylation sites (tertiary alicyclic amines) is 1. The second-order valence-corrected chi connectivity index (χ2v) is 7.99. The maximum atomic E-state index is 12.8. The molecule has 6 heteroatoms. The Morgan fingerprint density at radius 2 is 1.78 bits per heavy atom. The summed E-state index contributed by atoms with van der Waals surface area (Å²) in [5.74, 6) is 0.425. The van der Waals surface area contributed by atoms with Crippen molar-refractivity contribution in [2.45, 2.75) is 63.5 Å². The van der Waals surface area contributed by atoms with Gasteiger partial charge in [0.15, 0.2) is 0 Å². The Morgan fingerprint density at radius 1 is 1.07 bits per heavy atom. The number of nitrogens with zero attached hydrogens (tertiary/aromatic N) is 1. The molecule has 27 heavy (non-hydrogen) atoms. The summed E-state index contributed by atoms with van der Waals surface area (Å²) in [5.41, 5.74) is 13.5. The third-order valence-corrected chi connectivity index (χ3v) is 5.88. The van der Waals surface area contributed by atoms with E-state index in [9.17, 15) is 9.59 Å². The highest BCUT2D eigenvalue weighted by atomic mass is 16.2. The van der Waals surface area contributed by atoms with Gasteiger partial charge in [0.1, 0.15) is 6.04 Å². The monoisotopic (exact) mass is 372 g/mol. The van der Waals surface area contributed by atoms with Gasteiger partial charge >= 0.3 is 0 Å². The number of hydrogen-bond acceptors (Lipinski definition) is 4. The summed E-state index contributed by atoms with van der Waals surface area (Å²) in [4.78, 5) is 27.2. The first-order valence-corrected chi connectivity index (χ1v) is 10.2. The zero-order valence-electron chi connectivity index (χ0n) is 16.0. The van der Waals surface area contributed by atoms with Crippen LogP contribution in [0.3, 0.4) is 0 Å². The van der Waals surface area contributed by atoms with Gasteiger partial charge in [-0.05, 0) is 55.7 Å². The quantitative estimate of drug-likeness (QED) is 0.663. The highest BCUT2D eigenvalue weighted by Gasteiger charge is 2.36. The van der Waals surface area contributed by atoms with E-state index in [1.165, 1.54) is 32.1 Å². The number of carbonyl (C=O) groups is 2. The number of rotatable bonds is 6. The molecule has 2 aliphatic rings. The van der Waals surface area contributed by atoms with Crippen molar-refractivity contribution in [2.75, 3.05) is 18.8 Å². The number of nitrogens with one attached hydrogen (secondary N) is 1. The summed E-state index contributed by atoms with van der Waals surface area (Å²) in [7, 11) is 0. The van der Waals surface area contributed by atoms with Crippen LogP contribution < -0.4 is 16.8 Å². The first-order valence-electron chi connectivity index (χ1n) is 10.2. The molecule has 0 aromatic heterocycles. The normalized spacial score (nSPS) is 21.8. The maximum absolute atomic E-state index is 12.8. The second-order valence-electron chi connectivity index (χ2n) is 7.99. The molecule has 1 aliphatic heterocycles. The van der Waals surface area contributed by atoms with Crippen LogP contribution in [0, 0.1) is 5.92 Å². The van der Waals surface area contributed by atoms with Crippen LogP contribution >= 0.6 is 0 Å². The minimum Gasteiger partial charge on any atom is -0.399 e. The van der Waals surface area contributed by atoms with Gasteiger partial charge in [0, 0.05) is 18.8 Å². The molecule has 5 N–H and O–H groups in total. The van der Waals surface area contributed by atoms with Crippen molar-refractivity contribution in [1.29, 1.82) is 0 Å². The van der Waals surface area contributed by atoms with Gasteiger partial charge in [0.2, 0.25) is 11.8 Å². The molecular formula is C21H32N4O2. The summed E-state index contributed by atoms with van der Waals surface area (Å²) >= 11 is 0. The Labute approximate surface area is 161 Å². The fraction of sp³-hybridized carbons (Fsp3) is 0.619. The number of hydrogen-bond donors (Lipinski definition) is 3. The maximum Gasteiger partial charge on any atom is 0.242 e. The average Bonchev–Trinajstić information content (AvgIpc) is 3.18. The molecule has 148 valence electrons. The zero-order chi connectivity index (χ0) is 19.2. The molecule has 0 radical (unpaired) electrons. The lowest BCUT2D eigenvalue weighted by Gasteiger charge is -2.28. The number of anilines is 1. The van der Waals surface area contributed by atoms with Crippen molar-refractivity contribution in [3.05, 3.63) is 29.8 Å². The minimum absolute atomic E-state index is 0.0221.